The molecule has 0 saturated carbocycles. The Bertz CT molecular complexity index is 373. The van der Waals surface area contributed by atoms with Crippen LogP contribution in [0.5, 0.6) is 0 Å². The molecule has 1 atom stereocenters. The molecule has 3 heteroatoms. The van der Waals surface area contributed by atoms with E-state index in [4.69, 9.17) is 0 Å². The molecule has 0 aliphatic heterocycles. The van der Waals surface area contributed by atoms with E-state index in [2.05, 4.69) is 43.8 Å². The summed E-state index contributed by atoms with van der Waals surface area (Å²) in [4.78, 5) is 11.9. The maximum absolute atomic E-state index is 11.9. The Morgan fingerprint density at radius 3 is 2.33 bits per heavy atom. The molecule has 0 aliphatic carbocycles. The maximum Gasteiger partial charge on any atom is 0.196 e. The summed E-state index contributed by atoms with van der Waals surface area (Å²) in [7, 11) is 0. The van der Waals surface area contributed by atoms with Crippen LogP contribution < -0.4 is 5.73 Å². The van der Waals surface area contributed by atoms with E-state index in [9.17, 15) is 4.79 Å². The van der Waals surface area contributed by atoms with Gasteiger partial charge in [-0.05, 0) is 23.5 Å². The standard InChI is InChI=1S/C15H23NOS/c1-11(2)10-13-4-6-14(7-5-13)12(3)15(17)18-9-8-16/h4-7,11-12H,8-10,16H2,1-3H3/p+1. The van der Waals surface area contributed by atoms with Crippen LogP contribution in [0.1, 0.15) is 37.8 Å². The van der Waals surface area contributed by atoms with Crippen molar-refractivity contribution in [1.29, 1.82) is 0 Å². The summed E-state index contributed by atoms with van der Waals surface area (Å²) in [6.45, 7) is 7.22. The van der Waals surface area contributed by atoms with Crippen LogP contribution in [-0.2, 0) is 11.2 Å². The van der Waals surface area contributed by atoms with E-state index in [1.165, 1.54) is 17.3 Å². The van der Waals surface area contributed by atoms with Crippen molar-refractivity contribution >= 4 is 16.9 Å². The van der Waals surface area contributed by atoms with Crippen molar-refractivity contribution in [2.24, 2.45) is 5.92 Å². The van der Waals surface area contributed by atoms with E-state index in [-0.39, 0.29) is 11.0 Å². The highest BCUT2D eigenvalue weighted by Gasteiger charge is 2.15. The van der Waals surface area contributed by atoms with Crippen molar-refractivity contribution < 1.29 is 10.5 Å². The van der Waals surface area contributed by atoms with E-state index in [0.717, 1.165) is 24.3 Å². The Hall–Kier alpha value is -0.800. The third kappa shape index (κ3) is 4.83. The monoisotopic (exact) mass is 266 g/mol. The van der Waals surface area contributed by atoms with Crippen molar-refractivity contribution in [3.8, 4) is 0 Å². The zero-order valence-electron chi connectivity index (χ0n) is 11.6. The smallest absolute Gasteiger partial charge is 0.196 e. The lowest BCUT2D eigenvalue weighted by Gasteiger charge is -2.11. The Balaban J connectivity index is 2.63. The van der Waals surface area contributed by atoms with Gasteiger partial charge in [-0.2, -0.15) is 0 Å². The molecule has 2 nitrogen and oxygen atoms in total. The number of hydrogen-bond donors (Lipinski definition) is 1. The molecule has 0 aromatic heterocycles. The van der Waals surface area contributed by atoms with Gasteiger partial charge in [-0.1, -0.05) is 56.8 Å². The summed E-state index contributed by atoms with van der Waals surface area (Å²) in [6.07, 6.45) is 1.10. The second-order valence-electron chi connectivity index (χ2n) is 5.08. The third-order valence-corrected chi connectivity index (χ3v) is 4.00. The van der Waals surface area contributed by atoms with Crippen molar-refractivity contribution in [2.45, 2.75) is 33.1 Å². The zero-order chi connectivity index (χ0) is 13.5. The summed E-state index contributed by atoms with van der Waals surface area (Å²) in [5.74, 6) is 1.46. The quantitative estimate of drug-likeness (QED) is 0.860. The van der Waals surface area contributed by atoms with E-state index in [0.29, 0.717) is 5.92 Å². The molecule has 0 spiro atoms. The number of hydrogen-bond acceptors (Lipinski definition) is 2. The number of benzene rings is 1. The Labute approximate surface area is 114 Å². The molecule has 1 rings (SSSR count). The van der Waals surface area contributed by atoms with Crippen LogP contribution in [0.3, 0.4) is 0 Å². The molecular weight excluding hydrogens is 242 g/mol. The van der Waals surface area contributed by atoms with Crippen LogP contribution in [0.4, 0.5) is 0 Å². The minimum absolute atomic E-state index is 0.0188. The van der Waals surface area contributed by atoms with Crippen molar-refractivity contribution in [2.75, 3.05) is 12.3 Å². The largest absolute Gasteiger partial charge is 0.357 e. The highest BCUT2D eigenvalue weighted by molar-refractivity contribution is 8.13. The first-order valence-electron chi connectivity index (χ1n) is 6.59. The van der Waals surface area contributed by atoms with E-state index >= 15 is 0 Å². The Morgan fingerprint density at radius 2 is 1.83 bits per heavy atom. The molecule has 0 amide bonds. The van der Waals surface area contributed by atoms with E-state index in [1.807, 2.05) is 6.92 Å². The predicted octanol–water partition coefficient (Wildman–Crippen LogP) is 2.49. The lowest BCUT2D eigenvalue weighted by Crippen LogP contribution is -2.51. The summed E-state index contributed by atoms with van der Waals surface area (Å²) in [5, 5.41) is 0.246. The third-order valence-electron chi connectivity index (χ3n) is 2.87. The number of thioether (sulfide) groups is 1. The van der Waals surface area contributed by atoms with Gasteiger partial charge in [0.05, 0.1) is 18.2 Å². The average molecular weight is 266 g/mol. The molecule has 18 heavy (non-hydrogen) atoms. The lowest BCUT2D eigenvalue weighted by molar-refractivity contribution is -0.360. The van der Waals surface area contributed by atoms with Crippen LogP contribution in [0.15, 0.2) is 24.3 Å². The normalized spacial score (nSPS) is 12.7. The van der Waals surface area contributed by atoms with Gasteiger partial charge in [0.1, 0.15) is 0 Å². The fourth-order valence-electron chi connectivity index (χ4n) is 1.85. The number of carbonyl (C=O) groups is 1. The molecule has 1 aromatic rings. The van der Waals surface area contributed by atoms with Crippen LogP contribution in [0.25, 0.3) is 0 Å². The molecule has 0 fully saturated rings. The molecule has 0 heterocycles. The summed E-state index contributed by atoms with van der Waals surface area (Å²) >= 11 is 1.39. The van der Waals surface area contributed by atoms with Gasteiger partial charge in [0.15, 0.2) is 5.12 Å². The SMILES string of the molecule is CC(C)Cc1ccc(C(C)C(=O)SCC[NH3+])cc1. The van der Waals surface area contributed by atoms with Gasteiger partial charge < -0.3 is 5.73 Å². The second kappa shape index (κ2) is 7.59. The minimum Gasteiger partial charge on any atom is -0.357 e. The Morgan fingerprint density at radius 1 is 1.22 bits per heavy atom. The van der Waals surface area contributed by atoms with Gasteiger partial charge in [0.25, 0.3) is 0 Å². The highest BCUT2D eigenvalue weighted by atomic mass is 32.2. The van der Waals surface area contributed by atoms with E-state index < -0.39 is 0 Å². The summed E-state index contributed by atoms with van der Waals surface area (Å²) in [6, 6.07) is 8.46. The minimum atomic E-state index is -0.0188. The zero-order valence-corrected chi connectivity index (χ0v) is 12.4. The topological polar surface area (TPSA) is 44.7 Å². The highest BCUT2D eigenvalue weighted by Crippen LogP contribution is 2.22. The second-order valence-corrected chi connectivity index (χ2v) is 6.18. The van der Waals surface area contributed by atoms with Crippen LogP contribution in [0.2, 0.25) is 0 Å². The van der Waals surface area contributed by atoms with Gasteiger partial charge in [0.2, 0.25) is 0 Å². The van der Waals surface area contributed by atoms with Crippen molar-refractivity contribution in [1.82, 2.24) is 0 Å². The maximum atomic E-state index is 11.9. The van der Waals surface area contributed by atoms with Gasteiger partial charge in [-0.3, -0.25) is 4.79 Å². The molecular formula is C15H24NOS+. The first-order valence-corrected chi connectivity index (χ1v) is 7.58. The summed E-state index contributed by atoms with van der Waals surface area (Å²) in [5.41, 5.74) is 6.22. The van der Waals surface area contributed by atoms with Gasteiger partial charge in [0, 0.05) is 0 Å². The molecule has 0 saturated heterocycles. The van der Waals surface area contributed by atoms with Gasteiger partial charge in [-0.25, -0.2) is 0 Å². The summed E-state index contributed by atoms with van der Waals surface area (Å²) < 4.78 is 0. The van der Waals surface area contributed by atoms with Gasteiger partial charge >= 0.3 is 0 Å². The Kier molecular flexibility index (Phi) is 6.44. The number of carbonyl (C=O) groups excluding carboxylic acids is 1. The van der Waals surface area contributed by atoms with Crippen LogP contribution >= 0.6 is 11.8 Å². The van der Waals surface area contributed by atoms with Crippen molar-refractivity contribution in [3.63, 3.8) is 0 Å². The molecule has 3 N–H and O–H groups in total. The fourth-order valence-corrected chi connectivity index (χ4v) is 2.58. The average Bonchev–Trinajstić information content (AvgIpc) is 2.35. The lowest BCUT2D eigenvalue weighted by atomic mass is 9.97. The fraction of sp³-hybridized carbons (Fsp3) is 0.533. The molecule has 0 aliphatic rings. The van der Waals surface area contributed by atoms with Crippen LogP contribution in [-0.4, -0.2) is 17.4 Å². The van der Waals surface area contributed by atoms with Crippen molar-refractivity contribution in [3.05, 3.63) is 35.4 Å². The predicted molar refractivity (Wildman–Crippen MR) is 78.6 cm³/mol. The molecule has 1 unspecified atom stereocenters. The molecule has 100 valence electrons. The first-order chi connectivity index (χ1) is 8.54. The number of quaternary nitrogens is 1. The van der Waals surface area contributed by atoms with Crippen LogP contribution in [0, 0.1) is 5.92 Å². The van der Waals surface area contributed by atoms with Gasteiger partial charge in [-0.15, -0.1) is 0 Å². The molecule has 0 radical (unpaired) electrons. The number of rotatable bonds is 6. The molecule has 1 aromatic carbocycles. The van der Waals surface area contributed by atoms with E-state index in [1.54, 1.807) is 0 Å². The molecule has 0 bridgehead atoms. The first kappa shape index (κ1) is 15.3.